The van der Waals surface area contributed by atoms with Crippen molar-refractivity contribution < 1.29 is 17.6 Å². The standard InChI is InChI=1S/C12H6F4IN5S/c13-8-3-19-10(21-9(8)18)7-4-22(23-17)11-6(7)1-5(2-20-11)12(14,15)16/h1-4H,(H2,18,19,21). The van der Waals surface area contributed by atoms with Crippen LogP contribution in [0.15, 0.2) is 24.7 Å². The molecule has 0 unspecified atom stereocenters. The van der Waals surface area contributed by atoms with E-state index in [0.717, 1.165) is 18.5 Å². The Morgan fingerprint density at radius 2 is 1.96 bits per heavy atom. The molecular formula is C12H6F4IN5S. The summed E-state index contributed by atoms with van der Waals surface area (Å²) in [5, 5.41) is 0.204. The Kier molecular flexibility index (Phi) is 4.08. The molecule has 23 heavy (non-hydrogen) atoms. The van der Waals surface area contributed by atoms with E-state index in [9.17, 15) is 17.6 Å². The van der Waals surface area contributed by atoms with Crippen molar-refractivity contribution in [2.24, 2.45) is 0 Å². The number of anilines is 1. The van der Waals surface area contributed by atoms with Crippen LogP contribution in [0.5, 0.6) is 0 Å². The van der Waals surface area contributed by atoms with Crippen LogP contribution in [0.2, 0.25) is 0 Å². The predicted molar refractivity (Wildman–Crippen MR) is 87.1 cm³/mol. The van der Waals surface area contributed by atoms with Crippen LogP contribution in [0.1, 0.15) is 5.56 Å². The minimum absolute atomic E-state index is 0.0271. The van der Waals surface area contributed by atoms with E-state index >= 15 is 0 Å². The summed E-state index contributed by atoms with van der Waals surface area (Å²) >= 11 is 1.96. The molecule has 3 heterocycles. The Hall–Kier alpha value is -1.63. The molecule has 3 aromatic rings. The largest absolute Gasteiger partial charge is 0.417 e. The van der Waals surface area contributed by atoms with Crippen molar-refractivity contribution >= 4 is 47.2 Å². The molecule has 0 atom stereocenters. The molecule has 3 rings (SSSR count). The molecule has 0 radical (unpaired) electrons. The molecule has 0 saturated carbocycles. The van der Waals surface area contributed by atoms with Crippen LogP contribution in [0.3, 0.4) is 0 Å². The van der Waals surface area contributed by atoms with Crippen molar-refractivity contribution in [3.8, 4) is 11.4 Å². The van der Waals surface area contributed by atoms with E-state index in [1.54, 1.807) is 3.97 Å². The average molecular weight is 455 g/mol. The fourth-order valence-electron chi connectivity index (χ4n) is 1.98. The van der Waals surface area contributed by atoms with Crippen molar-refractivity contribution in [1.82, 2.24) is 18.9 Å². The molecular weight excluding hydrogens is 449 g/mol. The number of hydrogen-bond donors (Lipinski definition) is 1. The third kappa shape index (κ3) is 2.94. The molecule has 0 amide bonds. The summed E-state index contributed by atoms with van der Waals surface area (Å²) in [4.78, 5) is 11.4. The van der Waals surface area contributed by atoms with Gasteiger partial charge in [0.15, 0.2) is 23.1 Å². The van der Waals surface area contributed by atoms with Crippen LogP contribution in [0, 0.1) is 5.82 Å². The Morgan fingerprint density at radius 3 is 2.57 bits per heavy atom. The van der Waals surface area contributed by atoms with Gasteiger partial charge in [-0.15, -0.1) is 0 Å². The Morgan fingerprint density at radius 1 is 1.22 bits per heavy atom. The zero-order valence-corrected chi connectivity index (χ0v) is 13.9. The monoisotopic (exact) mass is 455 g/mol. The lowest BCUT2D eigenvalue weighted by Crippen LogP contribution is -2.05. The number of fused-ring (bicyclic) bond motifs is 1. The highest BCUT2D eigenvalue weighted by atomic mass is 127. The third-order valence-corrected chi connectivity index (χ3v) is 4.73. The van der Waals surface area contributed by atoms with Gasteiger partial charge in [-0.25, -0.2) is 19.3 Å². The lowest BCUT2D eigenvalue weighted by Gasteiger charge is -2.06. The third-order valence-electron chi connectivity index (χ3n) is 3.03. The number of hydrogen-bond acceptors (Lipinski definition) is 5. The fraction of sp³-hybridized carbons (Fsp3) is 0.0833. The van der Waals surface area contributed by atoms with E-state index in [-0.39, 0.29) is 22.6 Å². The number of rotatable bonds is 2. The molecule has 0 aliphatic heterocycles. The highest BCUT2D eigenvalue weighted by molar-refractivity contribution is 14.2. The summed E-state index contributed by atoms with van der Waals surface area (Å²) in [6.45, 7) is 0. The zero-order valence-electron chi connectivity index (χ0n) is 11.0. The van der Waals surface area contributed by atoms with Gasteiger partial charge in [0.2, 0.25) is 0 Å². The van der Waals surface area contributed by atoms with Gasteiger partial charge in [-0.3, -0.25) is 3.97 Å². The van der Waals surface area contributed by atoms with Gasteiger partial charge in [0.1, 0.15) is 0 Å². The molecule has 3 aromatic heterocycles. The Labute approximate surface area is 143 Å². The van der Waals surface area contributed by atoms with Crippen molar-refractivity contribution in [2.75, 3.05) is 5.73 Å². The van der Waals surface area contributed by atoms with Gasteiger partial charge in [0.25, 0.3) is 0 Å². The highest BCUT2D eigenvalue weighted by Crippen LogP contribution is 2.36. The molecule has 11 heteroatoms. The summed E-state index contributed by atoms with van der Waals surface area (Å²) in [7, 11) is 1.22. The lowest BCUT2D eigenvalue weighted by molar-refractivity contribution is -0.137. The summed E-state index contributed by atoms with van der Waals surface area (Å²) < 4.78 is 53.5. The summed E-state index contributed by atoms with van der Waals surface area (Å²) in [6, 6.07) is 0.962. The van der Waals surface area contributed by atoms with E-state index in [1.807, 2.05) is 21.2 Å². The second-order valence-corrected chi connectivity index (χ2v) is 6.17. The van der Waals surface area contributed by atoms with E-state index in [4.69, 9.17) is 5.73 Å². The molecule has 0 saturated heterocycles. The van der Waals surface area contributed by atoms with Crippen molar-refractivity contribution in [3.63, 3.8) is 0 Å². The first-order valence-corrected chi connectivity index (χ1v) is 9.28. The molecule has 5 nitrogen and oxygen atoms in total. The number of nitrogens with two attached hydrogens (primary N) is 1. The summed E-state index contributed by atoms with van der Waals surface area (Å²) in [6.07, 6.45) is -1.36. The van der Waals surface area contributed by atoms with E-state index in [2.05, 4.69) is 15.0 Å². The molecule has 0 aliphatic rings. The highest BCUT2D eigenvalue weighted by Gasteiger charge is 2.32. The number of nitrogens with zero attached hydrogens (tertiary/aromatic N) is 4. The quantitative estimate of drug-likeness (QED) is 0.466. The molecule has 2 N–H and O–H groups in total. The number of halogens is 5. The lowest BCUT2D eigenvalue weighted by atomic mass is 10.1. The molecule has 0 bridgehead atoms. The first-order chi connectivity index (χ1) is 10.8. The maximum atomic E-state index is 13.2. The van der Waals surface area contributed by atoms with Crippen LogP contribution in [-0.4, -0.2) is 18.9 Å². The summed E-state index contributed by atoms with van der Waals surface area (Å²) in [5.41, 5.74) is 5.12. The van der Waals surface area contributed by atoms with Gasteiger partial charge >= 0.3 is 6.18 Å². The Balaban J connectivity index is 2.28. The Bertz CT molecular complexity index is 895. The van der Waals surface area contributed by atoms with Gasteiger partial charge in [-0.2, -0.15) is 13.2 Å². The van der Waals surface area contributed by atoms with Gasteiger partial charge in [0, 0.05) is 53.7 Å². The normalized spacial score (nSPS) is 12.0. The molecule has 0 spiro atoms. The van der Waals surface area contributed by atoms with Gasteiger partial charge < -0.3 is 5.73 Å². The van der Waals surface area contributed by atoms with Crippen LogP contribution in [0.4, 0.5) is 23.4 Å². The maximum Gasteiger partial charge on any atom is 0.417 e. The van der Waals surface area contributed by atoms with E-state index in [0.29, 0.717) is 5.65 Å². The smallest absolute Gasteiger partial charge is 0.381 e. The second-order valence-electron chi connectivity index (χ2n) is 4.46. The number of aromatic nitrogens is 4. The van der Waals surface area contributed by atoms with Gasteiger partial charge in [0.05, 0.1) is 11.8 Å². The van der Waals surface area contributed by atoms with Crippen LogP contribution in [0.25, 0.3) is 22.4 Å². The van der Waals surface area contributed by atoms with E-state index < -0.39 is 17.6 Å². The van der Waals surface area contributed by atoms with Crippen molar-refractivity contribution in [3.05, 3.63) is 36.0 Å². The predicted octanol–water partition coefficient (Wildman–Crippen LogP) is 4.08. The SMILES string of the molecule is Nc1nc(-c2cn(SI)c3ncc(C(F)(F)F)cc23)ncc1F. The molecule has 0 aliphatic carbocycles. The molecule has 0 aromatic carbocycles. The van der Waals surface area contributed by atoms with Gasteiger partial charge in [-0.05, 0) is 6.07 Å². The topological polar surface area (TPSA) is 69.6 Å². The summed E-state index contributed by atoms with van der Waals surface area (Å²) in [5.74, 6) is -1.15. The fourth-order valence-corrected chi connectivity index (χ4v) is 3.23. The molecule has 0 fully saturated rings. The van der Waals surface area contributed by atoms with E-state index in [1.165, 1.54) is 15.3 Å². The minimum atomic E-state index is -4.53. The maximum absolute atomic E-state index is 13.2. The first kappa shape index (κ1) is 16.2. The first-order valence-electron chi connectivity index (χ1n) is 5.97. The number of pyridine rings is 1. The van der Waals surface area contributed by atoms with Crippen LogP contribution < -0.4 is 5.73 Å². The van der Waals surface area contributed by atoms with Crippen LogP contribution >= 0.6 is 30.3 Å². The minimum Gasteiger partial charge on any atom is -0.381 e. The van der Waals surface area contributed by atoms with Gasteiger partial charge in [-0.1, -0.05) is 0 Å². The molecule has 120 valence electrons. The second kappa shape index (κ2) is 5.78. The number of alkyl halides is 3. The average Bonchev–Trinajstić information content (AvgIpc) is 2.87. The number of nitrogen functional groups attached to an aromatic ring is 1. The van der Waals surface area contributed by atoms with Crippen molar-refractivity contribution in [1.29, 1.82) is 0 Å². The van der Waals surface area contributed by atoms with Crippen molar-refractivity contribution in [2.45, 2.75) is 6.18 Å². The van der Waals surface area contributed by atoms with Crippen LogP contribution in [-0.2, 0) is 6.18 Å². The zero-order chi connectivity index (χ0) is 16.8.